The van der Waals surface area contributed by atoms with E-state index in [1.807, 2.05) is 20.8 Å². The molecule has 1 N–H and O–H groups in total. The van der Waals surface area contributed by atoms with Crippen molar-refractivity contribution in [2.75, 3.05) is 6.54 Å². The van der Waals surface area contributed by atoms with Gasteiger partial charge in [-0.2, -0.15) is 0 Å². The number of amides is 2. The Hall–Kier alpha value is -2.11. The molecule has 0 saturated carbocycles. The average molecular weight is 453 g/mol. The van der Waals surface area contributed by atoms with Crippen molar-refractivity contribution >= 4 is 35.0 Å². The number of nitrogens with zero attached hydrogens (tertiary/aromatic N) is 1. The van der Waals surface area contributed by atoms with Crippen LogP contribution in [0.3, 0.4) is 0 Å². The molecular formula is C23H27Cl2FN2O2. The molecule has 4 nitrogen and oxygen atoms in total. The molecule has 1 atom stereocenters. The van der Waals surface area contributed by atoms with E-state index in [2.05, 4.69) is 5.32 Å². The molecule has 2 rings (SSSR count). The second kappa shape index (κ2) is 11.3. The molecule has 0 aliphatic carbocycles. The fourth-order valence-electron chi connectivity index (χ4n) is 3.06. The van der Waals surface area contributed by atoms with E-state index >= 15 is 0 Å². The lowest BCUT2D eigenvalue weighted by Gasteiger charge is -2.31. The Morgan fingerprint density at radius 3 is 2.33 bits per heavy atom. The Bertz CT molecular complexity index is 872. The second-order valence-electron chi connectivity index (χ2n) is 7.62. The third-order valence-electron chi connectivity index (χ3n) is 4.69. The molecular weight excluding hydrogens is 426 g/mol. The van der Waals surface area contributed by atoms with Crippen LogP contribution in [-0.2, 0) is 22.6 Å². The van der Waals surface area contributed by atoms with Gasteiger partial charge in [0.05, 0.1) is 6.42 Å². The van der Waals surface area contributed by atoms with Crippen LogP contribution in [0.4, 0.5) is 4.39 Å². The lowest BCUT2D eigenvalue weighted by atomic mass is 10.1. The third kappa shape index (κ3) is 6.99. The van der Waals surface area contributed by atoms with Gasteiger partial charge in [0.15, 0.2) is 0 Å². The minimum atomic E-state index is -0.646. The van der Waals surface area contributed by atoms with E-state index in [1.165, 1.54) is 17.0 Å². The van der Waals surface area contributed by atoms with Crippen molar-refractivity contribution in [1.82, 2.24) is 10.2 Å². The van der Waals surface area contributed by atoms with E-state index in [-0.39, 0.29) is 30.6 Å². The van der Waals surface area contributed by atoms with Crippen LogP contribution in [0.5, 0.6) is 0 Å². The van der Waals surface area contributed by atoms with Crippen molar-refractivity contribution in [2.45, 2.75) is 46.2 Å². The zero-order valence-corrected chi connectivity index (χ0v) is 18.9. The Kier molecular flexibility index (Phi) is 9.12. The van der Waals surface area contributed by atoms with E-state index in [0.717, 1.165) is 5.56 Å². The molecule has 0 aliphatic rings. The molecule has 7 heteroatoms. The fraction of sp³-hybridized carbons (Fsp3) is 0.391. The molecule has 2 amide bonds. The van der Waals surface area contributed by atoms with Gasteiger partial charge in [0, 0.05) is 23.1 Å². The molecule has 0 spiro atoms. The van der Waals surface area contributed by atoms with Gasteiger partial charge in [-0.05, 0) is 47.7 Å². The molecule has 0 fully saturated rings. The van der Waals surface area contributed by atoms with Crippen molar-refractivity contribution in [3.05, 3.63) is 69.5 Å². The number of halogens is 3. The first-order valence-electron chi connectivity index (χ1n) is 9.96. The normalized spacial score (nSPS) is 12.0. The van der Waals surface area contributed by atoms with Gasteiger partial charge in [0.2, 0.25) is 11.8 Å². The molecule has 0 radical (unpaired) electrons. The van der Waals surface area contributed by atoms with Gasteiger partial charge in [-0.25, -0.2) is 4.39 Å². The number of hydrogen-bond donors (Lipinski definition) is 1. The Balaban J connectivity index is 2.29. The number of carbonyl (C=O) groups is 2. The predicted octanol–water partition coefficient (Wildman–Crippen LogP) is 5.25. The monoisotopic (exact) mass is 452 g/mol. The highest BCUT2D eigenvalue weighted by Gasteiger charge is 2.29. The van der Waals surface area contributed by atoms with Gasteiger partial charge in [-0.1, -0.05) is 62.2 Å². The maximum Gasteiger partial charge on any atom is 0.242 e. The van der Waals surface area contributed by atoms with Crippen LogP contribution in [0.15, 0.2) is 42.5 Å². The number of nitrogens with one attached hydrogen (secondary N) is 1. The van der Waals surface area contributed by atoms with Crippen molar-refractivity contribution in [3.8, 4) is 0 Å². The standard InChI is InChI=1S/C23H27Cl2FN2O2/c1-4-21(23(30)27-13-15(2)3)28(14-16-5-9-19(26)10-6-16)22(29)11-17-7-8-18(24)12-20(17)25/h5-10,12,15,21H,4,11,13-14H2,1-3H3,(H,27,30)/t21-/m1/s1. The maximum atomic E-state index is 13.3. The summed E-state index contributed by atoms with van der Waals surface area (Å²) < 4.78 is 13.3. The van der Waals surface area contributed by atoms with E-state index in [9.17, 15) is 14.0 Å². The number of rotatable bonds is 9. The molecule has 0 saturated heterocycles. The Morgan fingerprint density at radius 2 is 1.77 bits per heavy atom. The summed E-state index contributed by atoms with van der Waals surface area (Å²) >= 11 is 12.2. The summed E-state index contributed by atoms with van der Waals surface area (Å²) in [6, 6.07) is 10.2. The molecule has 0 unspecified atom stereocenters. The van der Waals surface area contributed by atoms with E-state index in [4.69, 9.17) is 23.2 Å². The van der Waals surface area contributed by atoms with Crippen LogP contribution < -0.4 is 5.32 Å². The molecule has 2 aromatic rings. The molecule has 2 aromatic carbocycles. The van der Waals surface area contributed by atoms with Gasteiger partial charge < -0.3 is 10.2 Å². The Labute approximate surface area is 187 Å². The average Bonchev–Trinajstić information content (AvgIpc) is 2.69. The van der Waals surface area contributed by atoms with E-state index in [1.54, 1.807) is 30.3 Å². The first-order valence-corrected chi connectivity index (χ1v) is 10.7. The smallest absolute Gasteiger partial charge is 0.242 e. The second-order valence-corrected chi connectivity index (χ2v) is 8.47. The highest BCUT2D eigenvalue weighted by Crippen LogP contribution is 2.23. The first kappa shape index (κ1) is 24.2. The highest BCUT2D eigenvalue weighted by molar-refractivity contribution is 6.35. The summed E-state index contributed by atoms with van der Waals surface area (Å²) in [5.41, 5.74) is 1.37. The number of carbonyl (C=O) groups excluding carboxylic acids is 2. The van der Waals surface area contributed by atoms with Gasteiger partial charge in [0.1, 0.15) is 11.9 Å². The van der Waals surface area contributed by atoms with Crippen molar-refractivity contribution in [2.24, 2.45) is 5.92 Å². The lowest BCUT2D eigenvalue weighted by molar-refractivity contribution is -0.141. The zero-order valence-electron chi connectivity index (χ0n) is 17.4. The van der Waals surface area contributed by atoms with Crippen LogP contribution in [0, 0.1) is 11.7 Å². The molecule has 0 aromatic heterocycles. The van der Waals surface area contributed by atoms with Crippen LogP contribution in [0.2, 0.25) is 10.0 Å². The van der Waals surface area contributed by atoms with Crippen molar-refractivity contribution in [1.29, 1.82) is 0 Å². The van der Waals surface area contributed by atoms with Gasteiger partial charge >= 0.3 is 0 Å². The minimum absolute atomic E-state index is 0.0329. The third-order valence-corrected chi connectivity index (χ3v) is 5.28. The molecule has 0 heterocycles. The summed E-state index contributed by atoms with van der Waals surface area (Å²) in [7, 11) is 0. The summed E-state index contributed by atoms with van der Waals surface area (Å²) in [4.78, 5) is 27.6. The summed E-state index contributed by atoms with van der Waals surface area (Å²) in [6.45, 7) is 6.59. The lowest BCUT2D eigenvalue weighted by Crippen LogP contribution is -2.50. The van der Waals surface area contributed by atoms with Gasteiger partial charge in [-0.15, -0.1) is 0 Å². The van der Waals surface area contributed by atoms with E-state index < -0.39 is 6.04 Å². The zero-order chi connectivity index (χ0) is 22.3. The molecule has 0 aliphatic heterocycles. The predicted molar refractivity (Wildman–Crippen MR) is 119 cm³/mol. The van der Waals surface area contributed by atoms with Gasteiger partial charge in [0.25, 0.3) is 0 Å². The topological polar surface area (TPSA) is 49.4 Å². The van der Waals surface area contributed by atoms with Crippen LogP contribution in [-0.4, -0.2) is 29.3 Å². The van der Waals surface area contributed by atoms with E-state index in [0.29, 0.717) is 34.5 Å². The van der Waals surface area contributed by atoms with Crippen LogP contribution >= 0.6 is 23.2 Å². The Morgan fingerprint density at radius 1 is 1.10 bits per heavy atom. The highest BCUT2D eigenvalue weighted by atomic mass is 35.5. The molecule has 162 valence electrons. The van der Waals surface area contributed by atoms with Crippen molar-refractivity contribution in [3.63, 3.8) is 0 Å². The number of benzene rings is 2. The minimum Gasteiger partial charge on any atom is -0.354 e. The quantitative estimate of drug-likeness (QED) is 0.564. The van der Waals surface area contributed by atoms with Crippen LogP contribution in [0.1, 0.15) is 38.3 Å². The summed E-state index contributed by atoms with van der Waals surface area (Å²) in [6.07, 6.45) is 0.483. The summed E-state index contributed by atoms with van der Waals surface area (Å²) in [5, 5.41) is 3.79. The largest absolute Gasteiger partial charge is 0.354 e. The number of hydrogen-bond acceptors (Lipinski definition) is 2. The molecule has 30 heavy (non-hydrogen) atoms. The fourth-order valence-corrected chi connectivity index (χ4v) is 3.53. The first-order chi connectivity index (χ1) is 14.2. The van der Waals surface area contributed by atoms with Gasteiger partial charge in [-0.3, -0.25) is 9.59 Å². The summed E-state index contributed by atoms with van der Waals surface area (Å²) in [5.74, 6) is -0.508. The maximum absolute atomic E-state index is 13.3. The van der Waals surface area contributed by atoms with Crippen LogP contribution in [0.25, 0.3) is 0 Å². The molecule has 0 bridgehead atoms. The SMILES string of the molecule is CC[C@H](C(=O)NCC(C)C)N(Cc1ccc(F)cc1)C(=O)Cc1ccc(Cl)cc1Cl. The van der Waals surface area contributed by atoms with Crippen molar-refractivity contribution < 1.29 is 14.0 Å².